The Bertz CT molecular complexity index is 575. The molecule has 2 rings (SSSR count). The second-order valence-electron chi connectivity index (χ2n) is 5.54. The van der Waals surface area contributed by atoms with Crippen LogP contribution in [-0.4, -0.2) is 33.1 Å². The third-order valence-corrected chi connectivity index (χ3v) is 3.81. The molecule has 0 aliphatic carbocycles. The van der Waals surface area contributed by atoms with E-state index >= 15 is 0 Å². The number of carbonyl (C=O) groups is 1. The normalized spacial score (nSPS) is 14.8. The van der Waals surface area contributed by atoms with Crippen molar-refractivity contribution in [2.24, 2.45) is 0 Å². The number of nitrogens with zero attached hydrogens (tertiary/aromatic N) is 2. The van der Waals surface area contributed by atoms with E-state index in [1.165, 1.54) is 6.07 Å². The first kappa shape index (κ1) is 14.6. The first-order chi connectivity index (χ1) is 9.47. The smallest absolute Gasteiger partial charge is 0.274 e. The molecule has 1 N–H and O–H groups in total. The summed E-state index contributed by atoms with van der Waals surface area (Å²) in [5.74, 6) is -0.667. The molecule has 0 radical (unpaired) electrons. The summed E-state index contributed by atoms with van der Waals surface area (Å²) in [6.07, 6.45) is 2.75. The monoisotopic (exact) mass is 278 g/mol. The topological polar surface area (TPSA) is 62.5 Å². The van der Waals surface area contributed by atoms with Gasteiger partial charge in [-0.3, -0.25) is 9.59 Å². The van der Waals surface area contributed by atoms with E-state index in [9.17, 15) is 14.7 Å². The summed E-state index contributed by atoms with van der Waals surface area (Å²) in [5.41, 5.74) is 0.547. The van der Waals surface area contributed by atoms with Crippen LogP contribution in [0.3, 0.4) is 0 Å². The van der Waals surface area contributed by atoms with Crippen LogP contribution >= 0.6 is 0 Å². The molecule has 1 aromatic rings. The van der Waals surface area contributed by atoms with E-state index < -0.39 is 11.2 Å². The van der Waals surface area contributed by atoms with E-state index in [2.05, 4.69) is 6.92 Å². The fraction of sp³-hybridized carbons (Fsp3) is 0.600. The Labute approximate surface area is 118 Å². The number of aryl methyl sites for hydroxylation is 1. The molecule has 20 heavy (non-hydrogen) atoms. The summed E-state index contributed by atoms with van der Waals surface area (Å²) in [4.78, 5) is 26.0. The molecule has 0 saturated heterocycles. The highest BCUT2D eigenvalue weighted by atomic mass is 16.3. The van der Waals surface area contributed by atoms with Gasteiger partial charge in [0.25, 0.3) is 5.91 Å². The molecular formula is C15H22N2O3. The number of hydrogen-bond acceptors (Lipinski definition) is 3. The molecule has 110 valence electrons. The lowest BCUT2D eigenvalue weighted by Gasteiger charge is -2.34. The Morgan fingerprint density at radius 3 is 2.60 bits per heavy atom. The van der Waals surface area contributed by atoms with Crippen molar-refractivity contribution in [2.45, 2.75) is 52.6 Å². The van der Waals surface area contributed by atoms with E-state index in [1.807, 2.05) is 18.4 Å². The lowest BCUT2D eigenvalue weighted by Crippen LogP contribution is -2.45. The van der Waals surface area contributed by atoms with Crippen LogP contribution < -0.4 is 5.43 Å². The molecule has 5 nitrogen and oxygen atoms in total. The summed E-state index contributed by atoms with van der Waals surface area (Å²) in [6.45, 7) is 7.20. The molecular weight excluding hydrogens is 256 g/mol. The minimum atomic E-state index is -0.457. The Morgan fingerprint density at radius 2 is 2.00 bits per heavy atom. The van der Waals surface area contributed by atoms with Crippen LogP contribution in [0.1, 0.15) is 49.8 Å². The lowest BCUT2D eigenvalue weighted by molar-refractivity contribution is 0.0639. The molecule has 0 fully saturated rings. The zero-order valence-electron chi connectivity index (χ0n) is 12.3. The van der Waals surface area contributed by atoms with Crippen LogP contribution in [0.2, 0.25) is 0 Å². The fourth-order valence-corrected chi connectivity index (χ4v) is 2.66. The van der Waals surface area contributed by atoms with Crippen molar-refractivity contribution in [3.63, 3.8) is 0 Å². The van der Waals surface area contributed by atoms with Crippen LogP contribution in [0.15, 0.2) is 10.9 Å². The van der Waals surface area contributed by atoms with Gasteiger partial charge in [0.05, 0.1) is 0 Å². The molecule has 1 amide bonds. The van der Waals surface area contributed by atoms with E-state index in [4.69, 9.17) is 0 Å². The van der Waals surface area contributed by atoms with Crippen molar-refractivity contribution in [3.05, 3.63) is 27.7 Å². The molecule has 1 aliphatic heterocycles. The third kappa shape index (κ3) is 2.44. The average molecular weight is 278 g/mol. The number of fused-ring (bicyclic) bond motifs is 1. The van der Waals surface area contributed by atoms with Gasteiger partial charge in [-0.15, -0.1) is 0 Å². The molecule has 5 heteroatoms. The van der Waals surface area contributed by atoms with Gasteiger partial charge in [0.1, 0.15) is 0 Å². The van der Waals surface area contributed by atoms with E-state index in [0.29, 0.717) is 13.1 Å². The van der Waals surface area contributed by atoms with Gasteiger partial charge >= 0.3 is 0 Å². The van der Waals surface area contributed by atoms with Crippen LogP contribution in [0.25, 0.3) is 0 Å². The summed E-state index contributed by atoms with van der Waals surface area (Å²) >= 11 is 0. The third-order valence-electron chi connectivity index (χ3n) is 3.81. The predicted molar refractivity (Wildman–Crippen MR) is 77.2 cm³/mol. The number of pyridine rings is 1. The van der Waals surface area contributed by atoms with Crippen molar-refractivity contribution in [1.29, 1.82) is 0 Å². The first-order valence-corrected chi connectivity index (χ1v) is 7.24. The fourth-order valence-electron chi connectivity index (χ4n) is 2.66. The molecule has 1 aliphatic rings. The van der Waals surface area contributed by atoms with Crippen molar-refractivity contribution in [1.82, 2.24) is 9.47 Å². The quantitative estimate of drug-likeness (QED) is 0.913. The SMILES string of the molecule is CCCCc1cc(=O)c(O)c2n1CCN(C(C)C)C2=O. The standard InChI is InChI=1S/C15H22N2O3/c1-4-5-6-11-9-12(18)14(19)13-15(20)16(10(2)3)7-8-17(11)13/h9-10,19H,4-8H2,1-3H3. The molecule has 2 heterocycles. The van der Waals surface area contributed by atoms with E-state index in [0.717, 1.165) is 25.0 Å². The molecule has 1 aromatic heterocycles. The van der Waals surface area contributed by atoms with E-state index in [-0.39, 0.29) is 17.6 Å². The second-order valence-corrected chi connectivity index (χ2v) is 5.54. The van der Waals surface area contributed by atoms with Gasteiger partial charge in [-0.2, -0.15) is 0 Å². The van der Waals surface area contributed by atoms with Crippen LogP contribution in [0.5, 0.6) is 5.75 Å². The number of aromatic hydroxyl groups is 1. The number of amides is 1. The largest absolute Gasteiger partial charge is 0.503 e. The summed E-state index contributed by atoms with van der Waals surface area (Å²) in [5, 5.41) is 9.98. The second kappa shape index (κ2) is 5.69. The van der Waals surface area contributed by atoms with Crippen molar-refractivity contribution in [2.75, 3.05) is 6.54 Å². The lowest BCUT2D eigenvalue weighted by atomic mass is 10.1. The number of carbonyl (C=O) groups excluding carboxylic acids is 1. The van der Waals surface area contributed by atoms with E-state index in [1.54, 1.807) is 4.90 Å². The summed E-state index contributed by atoms with van der Waals surface area (Å²) < 4.78 is 1.81. The van der Waals surface area contributed by atoms with Crippen molar-refractivity contribution in [3.8, 4) is 5.75 Å². The minimum Gasteiger partial charge on any atom is -0.503 e. The van der Waals surface area contributed by atoms with Gasteiger partial charge in [0.2, 0.25) is 5.43 Å². The van der Waals surface area contributed by atoms with Crippen LogP contribution in [0, 0.1) is 0 Å². The number of rotatable bonds is 4. The molecule has 0 aromatic carbocycles. The van der Waals surface area contributed by atoms with Gasteiger partial charge in [0, 0.05) is 30.9 Å². The molecule has 0 atom stereocenters. The average Bonchev–Trinajstić information content (AvgIpc) is 2.40. The molecule has 0 saturated carbocycles. The van der Waals surface area contributed by atoms with Crippen molar-refractivity contribution >= 4 is 5.91 Å². The summed E-state index contributed by atoms with van der Waals surface area (Å²) in [6, 6.07) is 1.53. The maximum absolute atomic E-state index is 12.5. The van der Waals surface area contributed by atoms with Crippen molar-refractivity contribution < 1.29 is 9.90 Å². The maximum Gasteiger partial charge on any atom is 0.274 e. The van der Waals surface area contributed by atoms with Crippen LogP contribution in [0.4, 0.5) is 0 Å². The molecule has 0 bridgehead atoms. The summed E-state index contributed by atoms with van der Waals surface area (Å²) in [7, 11) is 0. The number of aromatic nitrogens is 1. The predicted octanol–water partition coefficient (Wildman–Crippen LogP) is 1.76. The first-order valence-electron chi connectivity index (χ1n) is 7.24. The molecule has 0 unspecified atom stereocenters. The highest BCUT2D eigenvalue weighted by molar-refractivity contribution is 5.96. The Kier molecular flexibility index (Phi) is 4.16. The Morgan fingerprint density at radius 1 is 1.30 bits per heavy atom. The minimum absolute atomic E-state index is 0.0602. The Hall–Kier alpha value is -1.78. The van der Waals surface area contributed by atoms with Crippen LogP contribution in [-0.2, 0) is 13.0 Å². The highest BCUT2D eigenvalue weighted by Gasteiger charge is 2.30. The number of unbranched alkanes of at least 4 members (excludes halogenated alkanes) is 1. The Balaban J connectivity index is 2.52. The van der Waals surface area contributed by atoms with Gasteiger partial charge in [-0.1, -0.05) is 13.3 Å². The zero-order valence-corrected chi connectivity index (χ0v) is 12.3. The van der Waals surface area contributed by atoms with Gasteiger partial charge < -0.3 is 14.6 Å². The van der Waals surface area contributed by atoms with Gasteiger partial charge in [-0.25, -0.2) is 0 Å². The molecule has 0 spiro atoms. The van der Waals surface area contributed by atoms with Gasteiger partial charge in [0.15, 0.2) is 11.4 Å². The number of hydrogen-bond donors (Lipinski definition) is 1. The zero-order chi connectivity index (χ0) is 14.9. The highest BCUT2D eigenvalue weighted by Crippen LogP contribution is 2.23. The van der Waals surface area contributed by atoms with Gasteiger partial charge in [-0.05, 0) is 26.7 Å². The maximum atomic E-state index is 12.5.